The van der Waals surface area contributed by atoms with Crippen molar-refractivity contribution in [2.24, 2.45) is 5.73 Å². The van der Waals surface area contributed by atoms with E-state index in [0.717, 1.165) is 0 Å². The molecule has 1 aromatic rings. The zero-order valence-electron chi connectivity index (χ0n) is 8.76. The molecule has 1 aromatic carbocycles. The van der Waals surface area contributed by atoms with Gasteiger partial charge in [0.05, 0.1) is 0 Å². The van der Waals surface area contributed by atoms with Gasteiger partial charge in [-0.25, -0.2) is 4.39 Å². The quantitative estimate of drug-likeness (QED) is 0.764. The van der Waals surface area contributed by atoms with E-state index in [2.05, 4.69) is 0 Å². The maximum Gasteiger partial charge on any atom is 0.126 e. The molecule has 14 heavy (non-hydrogen) atoms. The zero-order valence-corrected chi connectivity index (χ0v) is 8.76. The average molecular weight is 197 g/mol. The van der Waals surface area contributed by atoms with Crippen LogP contribution >= 0.6 is 0 Å². The van der Waals surface area contributed by atoms with Gasteiger partial charge in [0, 0.05) is 11.1 Å². The van der Waals surface area contributed by atoms with Crippen LogP contribution in [0.5, 0.6) is 5.75 Å². The first-order chi connectivity index (χ1) is 6.38. The van der Waals surface area contributed by atoms with Gasteiger partial charge >= 0.3 is 0 Å². The van der Waals surface area contributed by atoms with Crippen molar-refractivity contribution < 1.29 is 9.50 Å². The fourth-order valence-electron chi connectivity index (χ4n) is 1.31. The molecule has 0 aliphatic heterocycles. The van der Waals surface area contributed by atoms with Gasteiger partial charge in [0.15, 0.2) is 0 Å². The van der Waals surface area contributed by atoms with Crippen LogP contribution in [-0.4, -0.2) is 5.11 Å². The lowest BCUT2D eigenvalue weighted by molar-refractivity contribution is 0.412. The number of aromatic hydroxyl groups is 1. The fourth-order valence-corrected chi connectivity index (χ4v) is 1.31. The molecular weight excluding hydrogens is 181 g/mol. The Morgan fingerprint density at radius 3 is 2.57 bits per heavy atom. The molecular formula is C11H16FNO. The van der Waals surface area contributed by atoms with E-state index in [-0.39, 0.29) is 11.6 Å². The summed E-state index contributed by atoms with van der Waals surface area (Å²) in [6, 6.07) is 2.72. The van der Waals surface area contributed by atoms with Crippen molar-refractivity contribution in [3.05, 3.63) is 29.1 Å². The molecule has 0 radical (unpaired) electrons. The van der Waals surface area contributed by atoms with E-state index in [9.17, 15) is 9.50 Å². The first-order valence-electron chi connectivity index (χ1n) is 4.67. The lowest BCUT2D eigenvalue weighted by Gasteiger charge is -2.24. The van der Waals surface area contributed by atoms with Gasteiger partial charge in [0.25, 0.3) is 0 Å². The fraction of sp³-hybridized carbons (Fsp3) is 0.455. The molecule has 0 amide bonds. The number of phenolic OH excluding ortho intramolecular Hbond substituents is 1. The third kappa shape index (κ3) is 1.87. The van der Waals surface area contributed by atoms with E-state index in [4.69, 9.17) is 5.73 Å². The van der Waals surface area contributed by atoms with Crippen LogP contribution in [0.3, 0.4) is 0 Å². The molecule has 0 aromatic heterocycles. The normalized spacial score (nSPS) is 15.2. The van der Waals surface area contributed by atoms with Crippen molar-refractivity contribution in [2.45, 2.75) is 32.7 Å². The maximum absolute atomic E-state index is 13.3. The number of nitrogens with two attached hydrogens (primary N) is 1. The topological polar surface area (TPSA) is 46.2 Å². The molecule has 0 aliphatic rings. The summed E-state index contributed by atoms with van der Waals surface area (Å²) in [4.78, 5) is 0. The second kappa shape index (κ2) is 3.58. The van der Waals surface area contributed by atoms with Crippen LogP contribution in [0.2, 0.25) is 0 Å². The molecule has 0 aliphatic carbocycles. The monoisotopic (exact) mass is 197 g/mol. The Hall–Kier alpha value is -1.09. The maximum atomic E-state index is 13.3. The molecule has 0 fully saturated rings. The number of phenols is 1. The van der Waals surface area contributed by atoms with Crippen LogP contribution in [-0.2, 0) is 5.54 Å². The van der Waals surface area contributed by atoms with E-state index >= 15 is 0 Å². The number of hydrogen-bond donors (Lipinski definition) is 2. The number of aryl methyl sites for hydroxylation is 1. The van der Waals surface area contributed by atoms with Crippen LogP contribution in [0.25, 0.3) is 0 Å². The Bertz CT molecular complexity index is 347. The summed E-state index contributed by atoms with van der Waals surface area (Å²) < 4.78 is 13.3. The van der Waals surface area contributed by atoms with Gasteiger partial charge in [0.2, 0.25) is 0 Å². The van der Waals surface area contributed by atoms with Gasteiger partial charge in [-0.15, -0.1) is 0 Å². The van der Waals surface area contributed by atoms with Crippen molar-refractivity contribution in [1.29, 1.82) is 0 Å². The highest BCUT2D eigenvalue weighted by atomic mass is 19.1. The molecule has 0 saturated heterocycles. The van der Waals surface area contributed by atoms with Crippen molar-refractivity contribution >= 4 is 0 Å². The lowest BCUT2D eigenvalue weighted by Crippen LogP contribution is -2.32. The molecule has 1 atom stereocenters. The molecule has 1 rings (SSSR count). The summed E-state index contributed by atoms with van der Waals surface area (Å²) in [6.07, 6.45) is 0.642. The summed E-state index contributed by atoms with van der Waals surface area (Å²) in [5.74, 6) is -0.265. The Balaban J connectivity index is 3.29. The van der Waals surface area contributed by atoms with Gasteiger partial charge in [-0.2, -0.15) is 0 Å². The number of hydrogen-bond acceptors (Lipinski definition) is 2. The van der Waals surface area contributed by atoms with Gasteiger partial charge < -0.3 is 10.8 Å². The van der Waals surface area contributed by atoms with Crippen LogP contribution in [0.4, 0.5) is 4.39 Å². The summed E-state index contributed by atoms with van der Waals surface area (Å²) in [5.41, 5.74) is 6.14. The highest BCUT2D eigenvalue weighted by molar-refractivity contribution is 5.41. The summed E-state index contributed by atoms with van der Waals surface area (Å²) >= 11 is 0. The van der Waals surface area contributed by atoms with Crippen LogP contribution < -0.4 is 5.73 Å². The Labute approximate surface area is 83.6 Å². The molecule has 3 N–H and O–H groups in total. The van der Waals surface area contributed by atoms with Crippen molar-refractivity contribution in [3.8, 4) is 5.75 Å². The highest BCUT2D eigenvalue weighted by Crippen LogP contribution is 2.31. The molecule has 78 valence electrons. The molecule has 2 nitrogen and oxygen atoms in total. The largest absolute Gasteiger partial charge is 0.508 e. The third-order valence-corrected chi connectivity index (χ3v) is 2.63. The predicted molar refractivity (Wildman–Crippen MR) is 54.6 cm³/mol. The molecule has 0 spiro atoms. The zero-order chi connectivity index (χ0) is 10.9. The Morgan fingerprint density at radius 1 is 1.50 bits per heavy atom. The SMILES string of the molecule is CCC(C)(N)c1cc(F)c(C)cc1O. The molecule has 3 heteroatoms. The second-order valence-electron chi connectivity index (χ2n) is 3.89. The van der Waals surface area contributed by atoms with Gasteiger partial charge in [-0.1, -0.05) is 6.92 Å². The lowest BCUT2D eigenvalue weighted by atomic mass is 9.89. The average Bonchev–Trinajstić information content (AvgIpc) is 2.11. The Kier molecular flexibility index (Phi) is 2.81. The van der Waals surface area contributed by atoms with E-state index < -0.39 is 5.54 Å². The molecule has 1 unspecified atom stereocenters. The summed E-state index contributed by atoms with van der Waals surface area (Å²) in [5, 5.41) is 9.64. The smallest absolute Gasteiger partial charge is 0.126 e. The van der Waals surface area contributed by atoms with E-state index in [0.29, 0.717) is 17.5 Å². The first kappa shape index (κ1) is 11.0. The third-order valence-electron chi connectivity index (χ3n) is 2.63. The van der Waals surface area contributed by atoms with Crippen molar-refractivity contribution in [2.75, 3.05) is 0 Å². The summed E-state index contributed by atoms with van der Waals surface area (Å²) in [6.45, 7) is 5.28. The Morgan fingerprint density at radius 2 is 2.07 bits per heavy atom. The van der Waals surface area contributed by atoms with Crippen LogP contribution in [0, 0.1) is 12.7 Å². The summed E-state index contributed by atoms with van der Waals surface area (Å²) in [7, 11) is 0. The highest BCUT2D eigenvalue weighted by Gasteiger charge is 2.23. The van der Waals surface area contributed by atoms with E-state index in [1.54, 1.807) is 13.8 Å². The van der Waals surface area contributed by atoms with Gasteiger partial charge in [-0.3, -0.25) is 0 Å². The minimum absolute atomic E-state index is 0.0655. The number of rotatable bonds is 2. The minimum Gasteiger partial charge on any atom is -0.508 e. The molecule has 0 heterocycles. The number of benzene rings is 1. The van der Waals surface area contributed by atoms with Crippen molar-refractivity contribution in [3.63, 3.8) is 0 Å². The predicted octanol–water partition coefficient (Wildman–Crippen LogP) is 2.42. The van der Waals surface area contributed by atoms with E-state index in [1.165, 1.54) is 12.1 Å². The second-order valence-corrected chi connectivity index (χ2v) is 3.89. The minimum atomic E-state index is -0.682. The van der Waals surface area contributed by atoms with Crippen LogP contribution in [0.15, 0.2) is 12.1 Å². The number of halogens is 1. The van der Waals surface area contributed by atoms with Gasteiger partial charge in [-0.05, 0) is 38.0 Å². The van der Waals surface area contributed by atoms with Crippen LogP contribution in [0.1, 0.15) is 31.4 Å². The standard InChI is InChI=1S/C11H16FNO/c1-4-11(3,13)8-6-9(12)7(2)5-10(8)14/h5-6,14H,4,13H2,1-3H3. The molecule has 0 bridgehead atoms. The van der Waals surface area contributed by atoms with Gasteiger partial charge in [0.1, 0.15) is 11.6 Å². The van der Waals surface area contributed by atoms with Crippen molar-refractivity contribution in [1.82, 2.24) is 0 Å². The van der Waals surface area contributed by atoms with E-state index in [1.807, 2.05) is 6.92 Å². The molecule has 0 saturated carbocycles. The first-order valence-corrected chi connectivity index (χ1v) is 4.67.